The van der Waals surface area contributed by atoms with E-state index in [0.29, 0.717) is 13.2 Å². The molecule has 1 saturated heterocycles. The maximum Gasteiger partial charge on any atom is 0.319 e. The molecule has 0 radical (unpaired) electrons. The second kappa shape index (κ2) is 8.63. The molecule has 5 nitrogen and oxygen atoms in total. The van der Waals surface area contributed by atoms with Crippen LogP contribution in [0.3, 0.4) is 0 Å². The number of nitrogens with zero attached hydrogens (tertiary/aromatic N) is 1. The summed E-state index contributed by atoms with van der Waals surface area (Å²) in [5.41, 5.74) is -0.446. The third-order valence-electron chi connectivity index (χ3n) is 3.48. The van der Waals surface area contributed by atoms with Crippen LogP contribution in [-0.4, -0.2) is 61.1 Å². The number of hydrogen-bond acceptors (Lipinski definition) is 5. The van der Waals surface area contributed by atoms with Crippen LogP contribution in [0.5, 0.6) is 0 Å². The fourth-order valence-corrected chi connectivity index (χ4v) is 3.32. The molecule has 0 aromatic rings. The van der Waals surface area contributed by atoms with Crippen LogP contribution in [0, 0.1) is 11.3 Å². The van der Waals surface area contributed by atoms with Gasteiger partial charge < -0.3 is 10.1 Å². The highest BCUT2D eigenvalue weighted by Crippen LogP contribution is 2.27. The number of rotatable bonds is 6. The summed E-state index contributed by atoms with van der Waals surface area (Å²) in [4.78, 5) is 26.7. The van der Waals surface area contributed by atoms with Crippen molar-refractivity contribution in [3.63, 3.8) is 0 Å². The Morgan fingerprint density at radius 3 is 2.43 bits per heavy atom. The van der Waals surface area contributed by atoms with Crippen LogP contribution in [0.1, 0.15) is 27.7 Å². The Labute approximate surface area is 132 Å². The van der Waals surface area contributed by atoms with Crippen molar-refractivity contribution in [2.75, 3.05) is 44.3 Å². The number of amides is 1. The Morgan fingerprint density at radius 1 is 1.29 bits per heavy atom. The molecule has 1 amide bonds. The third kappa shape index (κ3) is 6.26. The zero-order chi connectivity index (χ0) is 15.9. The van der Waals surface area contributed by atoms with E-state index in [0.717, 1.165) is 31.1 Å². The summed E-state index contributed by atoms with van der Waals surface area (Å²) in [5.74, 6) is 0.890. The number of ether oxygens (including phenoxy) is 1. The molecule has 0 spiro atoms. The molecular weight excluding hydrogens is 288 g/mol. The van der Waals surface area contributed by atoms with Crippen molar-refractivity contribution in [3.8, 4) is 0 Å². The van der Waals surface area contributed by atoms with Gasteiger partial charge in [-0.05, 0) is 12.3 Å². The van der Waals surface area contributed by atoms with Crippen LogP contribution < -0.4 is 5.32 Å². The topological polar surface area (TPSA) is 58.6 Å². The summed E-state index contributed by atoms with van der Waals surface area (Å²) in [5, 5.41) is 2.89. The Morgan fingerprint density at radius 2 is 1.90 bits per heavy atom. The second-order valence-electron chi connectivity index (χ2n) is 6.30. The van der Waals surface area contributed by atoms with E-state index in [9.17, 15) is 9.59 Å². The van der Waals surface area contributed by atoms with Gasteiger partial charge in [0.2, 0.25) is 5.91 Å². The van der Waals surface area contributed by atoms with Gasteiger partial charge in [0.1, 0.15) is 5.92 Å². The monoisotopic (exact) mass is 316 g/mol. The minimum absolute atomic E-state index is 0.229. The van der Waals surface area contributed by atoms with Crippen molar-refractivity contribution in [2.45, 2.75) is 27.7 Å². The summed E-state index contributed by atoms with van der Waals surface area (Å²) in [7, 11) is 0. The maximum absolute atomic E-state index is 12.3. The molecule has 0 aromatic carbocycles. The molecule has 1 heterocycles. The van der Waals surface area contributed by atoms with Crippen molar-refractivity contribution < 1.29 is 14.3 Å². The second-order valence-corrected chi connectivity index (χ2v) is 7.52. The fraction of sp³-hybridized carbons (Fsp3) is 0.867. The lowest BCUT2D eigenvalue weighted by molar-refractivity contribution is -0.156. The van der Waals surface area contributed by atoms with Gasteiger partial charge >= 0.3 is 5.97 Å². The highest BCUT2D eigenvalue weighted by Gasteiger charge is 2.38. The predicted molar refractivity (Wildman–Crippen MR) is 86.4 cm³/mol. The average molecular weight is 316 g/mol. The van der Waals surface area contributed by atoms with Gasteiger partial charge in [-0.25, -0.2) is 0 Å². The van der Waals surface area contributed by atoms with Gasteiger partial charge in [-0.1, -0.05) is 20.8 Å². The predicted octanol–water partition coefficient (Wildman–Crippen LogP) is 1.38. The van der Waals surface area contributed by atoms with Gasteiger partial charge in [0, 0.05) is 37.7 Å². The van der Waals surface area contributed by atoms with Crippen LogP contribution in [0.4, 0.5) is 0 Å². The van der Waals surface area contributed by atoms with E-state index < -0.39 is 17.3 Å². The quantitative estimate of drug-likeness (QED) is 0.592. The molecule has 1 rings (SSSR count). The molecule has 0 bridgehead atoms. The zero-order valence-electron chi connectivity index (χ0n) is 13.6. The minimum Gasteiger partial charge on any atom is -0.465 e. The van der Waals surface area contributed by atoms with Crippen molar-refractivity contribution in [3.05, 3.63) is 0 Å². The smallest absolute Gasteiger partial charge is 0.319 e. The molecule has 1 aliphatic rings. The van der Waals surface area contributed by atoms with Gasteiger partial charge in [0.05, 0.1) is 6.61 Å². The van der Waals surface area contributed by atoms with E-state index in [-0.39, 0.29) is 5.91 Å². The van der Waals surface area contributed by atoms with Gasteiger partial charge in [0.25, 0.3) is 0 Å². The number of nitrogens with one attached hydrogen (secondary N) is 1. The molecule has 0 aliphatic carbocycles. The number of carbonyl (C=O) groups is 2. The lowest BCUT2D eigenvalue weighted by atomic mass is 9.80. The summed E-state index contributed by atoms with van der Waals surface area (Å²) in [6.45, 7) is 11.3. The SMILES string of the molecule is CCOC(=O)C(C(=O)NCCN1CCSCC1)C(C)(C)C. The normalized spacial score (nSPS) is 18.1. The van der Waals surface area contributed by atoms with E-state index in [1.807, 2.05) is 32.5 Å². The van der Waals surface area contributed by atoms with Crippen molar-refractivity contribution in [2.24, 2.45) is 11.3 Å². The standard InChI is InChI=1S/C15H28N2O3S/c1-5-20-14(19)12(15(2,3)4)13(18)16-6-7-17-8-10-21-11-9-17/h12H,5-11H2,1-4H3,(H,16,18). The van der Waals surface area contributed by atoms with Gasteiger partial charge in [0.15, 0.2) is 0 Å². The van der Waals surface area contributed by atoms with Crippen molar-refractivity contribution >= 4 is 23.6 Å². The average Bonchev–Trinajstić information content (AvgIpc) is 2.38. The fourth-order valence-electron chi connectivity index (χ4n) is 2.34. The largest absolute Gasteiger partial charge is 0.465 e. The van der Waals surface area contributed by atoms with E-state index in [4.69, 9.17) is 4.74 Å². The minimum atomic E-state index is -0.755. The van der Waals surface area contributed by atoms with Crippen molar-refractivity contribution in [1.82, 2.24) is 10.2 Å². The molecular formula is C15H28N2O3S. The van der Waals surface area contributed by atoms with Gasteiger partial charge in [-0.15, -0.1) is 0 Å². The summed E-state index contributed by atoms with van der Waals surface area (Å²) in [6.07, 6.45) is 0. The van der Waals surface area contributed by atoms with Crippen LogP contribution in [0.2, 0.25) is 0 Å². The van der Waals surface area contributed by atoms with Crippen molar-refractivity contribution in [1.29, 1.82) is 0 Å². The van der Waals surface area contributed by atoms with Gasteiger partial charge in [-0.2, -0.15) is 11.8 Å². The van der Waals surface area contributed by atoms with E-state index in [2.05, 4.69) is 10.2 Å². The van der Waals surface area contributed by atoms with Crippen LogP contribution in [0.15, 0.2) is 0 Å². The Bertz CT molecular complexity index is 349. The molecule has 0 aromatic heterocycles. The lowest BCUT2D eigenvalue weighted by Crippen LogP contribution is -2.46. The number of hydrogen-bond donors (Lipinski definition) is 1. The molecule has 6 heteroatoms. The van der Waals surface area contributed by atoms with E-state index in [1.54, 1.807) is 6.92 Å². The Hall–Kier alpha value is -0.750. The molecule has 1 N–H and O–H groups in total. The number of esters is 1. The van der Waals surface area contributed by atoms with E-state index >= 15 is 0 Å². The number of thioether (sulfide) groups is 1. The lowest BCUT2D eigenvalue weighted by Gasteiger charge is -2.29. The summed E-state index contributed by atoms with van der Waals surface area (Å²) >= 11 is 1.97. The molecule has 1 aliphatic heterocycles. The first kappa shape index (κ1) is 18.3. The zero-order valence-corrected chi connectivity index (χ0v) is 14.4. The maximum atomic E-state index is 12.3. The first-order valence-corrected chi connectivity index (χ1v) is 8.76. The number of carbonyl (C=O) groups excluding carboxylic acids is 2. The van der Waals surface area contributed by atoms with E-state index in [1.165, 1.54) is 0 Å². The van der Waals surface area contributed by atoms with Crippen LogP contribution in [-0.2, 0) is 14.3 Å². The highest BCUT2D eigenvalue weighted by molar-refractivity contribution is 7.99. The molecule has 1 fully saturated rings. The molecule has 122 valence electrons. The van der Waals surface area contributed by atoms with Crippen LogP contribution >= 0.6 is 11.8 Å². The first-order valence-electron chi connectivity index (χ1n) is 7.60. The Balaban J connectivity index is 2.46. The molecule has 0 saturated carbocycles. The summed E-state index contributed by atoms with van der Waals surface area (Å²) < 4.78 is 5.04. The van der Waals surface area contributed by atoms with Gasteiger partial charge in [-0.3, -0.25) is 14.5 Å². The molecule has 21 heavy (non-hydrogen) atoms. The van der Waals surface area contributed by atoms with Crippen LogP contribution in [0.25, 0.3) is 0 Å². The molecule has 1 atom stereocenters. The Kier molecular flexibility index (Phi) is 7.52. The first-order chi connectivity index (χ1) is 9.86. The third-order valence-corrected chi connectivity index (χ3v) is 4.42. The summed E-state index contributed by atoms with van der Waals surface area (Å²) in [6, 6.07) is 0. The highest BCUT2D eigenvalue weighted by atomic mass is 32.2. The molecule has 1 unspecified atom stereocenters.